The quantitative estimate of drug-likeness (QED) is 0.804. The lowest BCUT2D eigenvalue weighted by Gasteiger charge is -2.30. The third-order valence-electron chi connectivity index (χ3n) is 4.30. The van der Waals surface area contributed by atoms with Gasteiger partial charge in [-0.1, -0.05) is 33.3 Å². The molecule has 1 aliphatic carbocycles. The first-order chi connectivity index (χ1) is 8.65. The van der Waals surface area contributed by atoms with Crippen LogP contribution in [0.5, 0.6) is 0 Å². The van der Waals surface area contributed by atoms with Crippen LogP contribution in [-0.4, -0.2) is 18.0 Å². The van der Waals surface area contributed by atoms with Gasteiger partial charge in [0.1, 0.15) is 0 Å². The standard InChI is InChI=1S/C16H26N2/c1-4-12(3)11-18(5-2)16-9-6-13-10-14(17)7-8-15(13)16/h7-8,10,12,16H,4-6,9,11,17H2,1-3H3. The van der Waals surface area contributed by atoms with Gasteiger partial charge >= 0.3 is 0 Å². The van der Waals surface area contributed by atoms with E-state index in [0.717, 1.165) is 18.2 Å². The molecule has 0 radical (unpaired) electrons. The van der Waals surface area contributed by atoms with E-state index in [2.05, 4.69) is 37.8 Å². The SMILES string of the molecule is CCC(C)CN(CC)C1CCc2cc(N)ccc21. The molecule has 2 rings (SSSR count). The topological polar surface area (TPSA) is 29.3 Å². The molecule has 2 heteroatoms. The van der Waals surface area contributed by atoms with Gasteiger partial charge in [-0.05, 0) is 48.6 Å². The number of hydrogen-bond acceptors (Lipinski definition) is 2. The first-order valence-corrected chi connectivity index (χ1v) is 7.28. The molecule has 0 saturated carbocycles. The Morgan fingerprint density at radius 2 is 2.17 bits per heavy atom. The van der Waals surface area contributed by atoms with Crippen LogP contribution in [0.2, 0.25) is 0 Å². The molecule has 0 amide bonds. The highest BCUT2D eigenvalue weighted by atomic mass is 15.2. The maximum atomic E-state index is 5.87. The van der Waals surface area contributed by atoms with Gasteiger partial charge < -0.3 is 5.73 Å². The molecular weight excluding hydrogens is 220 g/mol. The minimum atomic E-state index is 0.611. The van der Waals surface area contributed by atoms with Gasteiger partial charge in [-0.3, -0.25) is 4.90 Å². The fourth-order valence-electron chi connectivity index (χ4n) is 3.00. The molecule has 0 aromatic heterocycles. The highest BCUT2D eigenvalue weighted by Gasteiger charge is 2.27. The molecule has 2 nitrogen and oxygen atoms in total. The number of rotatable bonds is 5. The Morgan fingerprint density at radius 1 is 1.39 bits per heavy atom. The first kappa shape index (κ1) is 13.4. The zero-order valence-corrected chi connectivity index (χ0v) is 11.9. The van der Waals surface area contributed by atoms with E-state index in [9.17, 15) is 0 Å². The van der Waals surface area contributed by atoms with Crippen molar-refractivity contribution in [3.8, 4) is 0 Å². The highest BCUT2D eigenvalue weighted by molar-refractivity contribution is 5.47. The maximum absolute atomic E-state index is 5.87. The van der Waals surface area contributed by atoms with E-state index >= 15 is 0 Å². The Morgan fingerprint density at radius 3 is 2.83 bits per heavy atom. The summed E-state index contributed by atoms with van der Waals surface area (Å²) in [5.41, 5.74) is 9.75. The van der Waals surface area contributed by atoms with Crippen LogP contribution in [0.4, 0.5) is 5.69 Å². The number of nitrogens with zero attached hydrogens (tertiary/aromatic N) is 1. The van der Waals surface area contributed by atoms with Crippen molar-refractivity contribution in [2.24, 2.45) is 5.92 Å². The fourth-order valence-corrected chi connectivity index (χ4v) is 3.00. The highest BCUT2D eigenvalue weighted by Crippen LogP contribution is 2.36. The van der Waals surface area contributed by atoms with Crippen LogP contribution in [0.3, 0.4) is 0 Å². The number of anilines is 1. The summed E-state index contributed by atoms with van der Waals surface area (Å²) in [7, 11) is 0. The van der Waals surface area contributed by atoms with Crippen molar-refractivity contribution in [3.63, 3.8) is 0 Å². The molecule has 2 atom stereocenters. The van der Waals surface area contributed by atoms with E-state index in [1.807, 2.05) is 6.07 Å². The minimum Gasteiger partial charge on any atom is -0.399 e. The molecule has 1 aliphatic rings. The van der Waals surface area contributed by atoms with Crippen LogP contribution in [0.15, 0.2) is 18.2 Å². The first-order valence-electron chi connectivity index (χ1n) is 7.28. The maximum Gasteiger partial charge on any atom is 0.0354 e. The number of nitrogens with two attached hydrogens (primary N) is 1. The largest absolute Gasteiger partial charge is 0.399 e. The summed E-state index contributed by atoms with van der Waals surface area (Å²) in [6, 6.07) is 7.06. The van der Waals surface area contributed by atoms with E-state index in [4.69, 9.17) is 5.73 Å². The van der Waals surface area contributed by atoms with Crippen molar-refractivity contribution >= 4 is 5.69 Å². The van der Waals surface area contributed by atoms with E-state index < -0.39 is 0 Å². The summed E-state index contributed by atoms with van der Waals surface area (Å²) in [6.45, 7) is 9.25. The summed E-state index contributed by atoms with van der Waals surface area (Å²) in [6.07, 6.45) is 3.70. The lowest BCUT2D eigenvalue weighted by atomic mass is 10.0. The van der Waals surface area contributed by atoms with Crippen molar-refractivity contribution in [1.29, 1.82) is 0 Å². The normalized spacial score (nSPS) is 20.1. The van der Waals surface area contributed by atoms with E-state index in [0.29, 0.717) is 6.04 Å². The zero-order valence-electron chi connectivity index (χ0n) is 11.9. The monoisotopic (exact) mass is 246 g/mol. The fraction of sp³-hybridized carbons (Fsp3) is 0.625. The van der Waals surface area contributed by atoms with Crippen LogP contribution in [0, 0.1) is 5.92 Å². The van der Waals surface area contributed by atoms with E-state index in [1.54, 1.807) is 0 Å². The number of fused-ring (bicyclic) bond motifs is 1. The molecule has 0 aliphatic heterocycles. The zero-order chi connectivity index (χ0) is 13.1. The van der Waals surface area contributed by atoms with Gasteiger partial charge in [-0.15, -0.1) is 0 Å². The summed E-state index contributed by atoms with van der Waals surface area (Å²) in [4.78, 5) is 2.64. The summed E-state index contributed by atoms with van der Waals surface area (Å²) < 4.78 is 0. The summed E-state index contributed by atoms with van der Waals surface area (Å²) in [5, 5.41) is 0. The molecule has 2 N–H and O–H groups in total. The van der Waals surface area contributed by atoms with Crippen molar-refractivity contribution in [3.05, 3.63) is 29.3 Å². The molecule has 2 unspecified atom stereocenters. The van der Waals surface area contributed by atoms with Gasteiger partial charge in [0.25, 0.3) is 0 Å². The van der Waals surface area contributed by atoms with Gasteiger partial charge in [-0.2, -0.15) is 0 Å². The van der Waals surface area contributed by atoms with Crippen molar-refractivity contribution in [2.45, 2.75) is 46.1 Å². The van der Waals surface area contributed by atoms with Gasteiger partial charge in [0.2, 0.25) is 0 Å². The second-order valence-electron chi connectivity index (χ2n) is 5.61. The molecule has 100 valence electrons. The van der Waals surface area contributed by atoms with E-state index in [-0.39, 0.29) is 0 Å². The van der Waals surface area contributed by atoms with Crippen LogP contribution < -0.4 is 5.73 Å². The molecule has 0 fully saturated rings. The molecule has 1 aromatic rings. The third-order valence-corrected chi connectivity index (χ3v) is 4.30. The number of hydrogen-bond donors (Lipinski definition) is 1. The molecule has 1 aromatic carbocycles. The second kappa shape index (κ2) is 5.75. The smallest absolute Gasteiger partial charge is 0.0354 e. The Kier molecular flexibility index (Phi) is 4.28. The predicted octanol–water partition coefficient (Wildman–Crippen LogP) is 3.62. The summed E-state index contributed by atoms with van der Waals surface area (Å²) in [5.74, 6) is 0.780. The van der Waals surface area contributed by atoms with Gasteiger partial charge in [-0.25, -0.2) is 0 Å². The van der Waals surface area contributed by atoms with Crippen molar-refractivity contribution in [1.82, 2.24) is 4.90 Å². The lowest BCUT2D eigenvalue weighted by molar-refractivity contribution is 0.178. The molecule has 0 heterocycles. The Labute approximate surface area is 111 Å². The number of nitrogen functional groups attached to an aromatic ring is 1. The number of aryl methyl sites for hydroxylation is 1. The lowest BCUT2D eigenvalue weighted by Crippen LogP contribution is -2.31. The average molecular weight is 246 g/mol. The van der Waals surface area contributed by atoms with Crippen LogP contribution in [0.1, 0.15) is 50.8 Å². The van der Waals surface area contributed by atoms with Crippen LogP contribution in [0.25, 0.3) is 0 Å². The minimum absolute atomic E-state index is 0.611. The molecule has 0 spiro atoms. The van der Waals surface area contributed by atoms with Gasteiger partial charge in [0.15, 0.2) is 0 Å². The third kappa shape index (κ3) is 2.69. The average Bonchev–Trinajstić information content (AvgIpc) is 2.78. The molecule has 18 heavy (non-hydrogen) atoms. The van der Waals surface area contributed by atoms with Crippen LogP contribution >= 0.6 is 0 Å². The molecule has 0 saturated heterocycles. The predicted molar refractivity (Wildman–Crippen MR) is 78.6 cm³/mol. The molecule has 0 bridgehead atoms. The Hall–Kier alpha value is -1.02. The van der Waals surface area contributed by atoms with Gasteiger partial charge in [0, 0.05) is 18.3 Å². The van der Waals surface area contributed by atoms with Crippen molar-refractivity contribution < 1.29 is 0 Å². The Balaban J connectivity index is 2.15. The summed E-state index contributed by atoms with van der Waals surface area (Å²) >= 11 is 0. The second-order valence-corrected chi connectivity index (χ2v) is 5.61. The molecular formula is C16H26N2. The Bertz CT molecular complexity index is 400. The van der Waals surface area contributed by atoms with Gasteiger partial charge in [0.05, 0.1) is 0 Å². The van der Waals surface area contributed by atoms with Crippen LogP contribution in [-0.2, 0) is 6.42 Å². The van der Waals surface area contributed by atoms with Crippen molar-refractivity contribution in [2.75, 3.05) is 18.8 Å². The number of benzene rings is 1. The van der Waals surface area contributed by atoms with E-state index in [1.165, 1.54) is 36.9 Å².